The average Bonchev–Trinajstić information content (AvgIpc) is 2.20. The van der Waals surface area contributed by atoms with E-state index >= 15 is 0 Å². The van der Waals surface area contributed by atoms with Crippen LogP contribution in [0.3, 0.4) is 0 Å². The lowest BCUT2D eigenvalue weighted by Gasteiger charge is -1.97. The van der Waals surface area contributed by atoms with Gasteiger partial charge in [0, 0.05) is 5.75 Å². The molecule has 1 nitrogen and oxygen atoms in total. The summed E-state index contributed by atoms with van der Waals surface area (Å²) in [5.41, 5.74) is 0.918. The molecule has 0 amide bonds. The van der Waals surface area contributed by atoms with Crippen molar-refractivity contribution in [2.24, 2.45) is 4.99 Å². The molecule has 0 atom stereocenters. The Labute approximate surface area is 94.6 Å². The number of thioether (sulfide) groups is 1. The first-order chi connectivity index (χ1) is 6.83. The summed E-state index contributed by atoms with van der Waals surface area (Å²) in [4.78, 5) is 4.28. The maximum atomic E-state index is 5.96. The molecule has 14 heavy (non-hydrogen) atoms. The normalized spacial score (nSPS) is 11.7. The number of unbranched alkanes of at least 4 members (excludes halogenated alkanes) is 1. The van der Waals surface area contributed by atoms with Crippen molar-refractivity contribution in [2.75, 3.05) is 5.75 Å². The van der Waals surface area contributed by atoms with Crippen LogP contribution >= 0.6 is 23.4 Å². The van der Waals surface area contributed by atoms with Gasteiger partial charge in [-0.25, -0.2) is 4.99 Å². The fraction of sp³-hybridized carbons (Fsp3) is 0.364. The lowest BCUT2D eigenvalue weighted by atomic mass is 10.3. The predicted octanol–water partition coefficient (Wildman–Crippen LogP) is 4.45. The van der Waals surface area contributed by atoms with Crippen molar-refractivity contribution in [1.29, 1.82) is 0 Å². The van der Waals surface area contributed by atoms with Crippen LogP contribution < -0.4 is 0 Å². The molecule has 1 rings (SSSR count). The molecule has 0 unspecified atom stereocenters. The maximum absolute atomic E-state index is 5.96. The Bertz CT molecular complexity index is 285. The summed E-state index contributed by atoms with van der Waals surface area (Å²) in [5, 5.41) is 0. The van der Waals surface area contributed by atoms with E-state index in [1.807, 2.05) is 30.3 Å². The third kappa shape index (κ3) is 4.68. The van der Waals surface area contributed by atoms with Crippen LogP contribution in [-0.2, 0) is 0 Å². The predicted molar refractivity (Wildman–Crippen MR) is 66.8 cm³/mol. The van der Waals surface area contributed by atoms with E-state index in [9.17, 15) is 0 Å². The quantitative estimate of drug-likeness (QED) is 0.421. The highest BCUT2D eigenvalue weighted by Crippen LogP contribution is 2.17. The molecule has 0 bridgehead atoms. The summed E-state index contributed by atoms with van der Waals surface area (Å²) in [6.07, 6.45) is 2.38. The van der Waals surface area contributed by atoms with Gasteiger partial charge in [-0.05, 0) is 18.6 Å². The van der Waals surface area contributed by atoms with E-state index in [-0.39, 0.29) is 0 Å². The highest BCUT2D eigenvalue weighted by atomic mass is 35.5. The second-order valence-electron chi connectivity index (χ2n) is 2.90. The summed E-state index contributed by atoms with van der Waals surface area (Å²) in [5.74, 6) is 1.05. The van der Waals surface area contributed by atoms with Gasteiger partial charge < -0.3 is 0 Å². The van der Waals surface area contributed by atoms with E-state index in [4.69, 9.17) is 11.6 Å². The molecule has 0 fully saturated rings. The Kier molecular flexibility index (Phi) is 5.72. The van der Waals surface area contributed by atoms with Crippen molar-refractivity contribution in [3.63, 3.8) is 0 Å². The highest BCUT2D eigenvalue weighted by molar-refractivity contribution is 8.16. The number of rotatable bonds is 4. The van der Waals surface area contributed by atoms with Gasteiger partial charge in [-0.1, -0.05) is 54.9 Å². The standard InChI is InChI=1S/C11H14ClNS/c1-2-3-9-14-11(12)13-10-7-5-4-6-8-10/h4-8H,2-3,9H2,1H3. The minimum atomic E-state index is 0.629. The molecule has 0 saturated heterocycles. The zero-order chi connectivity index (χ0) is 10.2. The Morgan fingerprint density at radius 2 is 2.07 bits per heavy atom. The third-order valence-electron chi connectivity index (χ3n) is 1.69. The molecule has 0 radical (unpaired) electrons. The summed E-state index contributed by atoms with van der Waals surface area (Å²) >= 11 is 7.58. The van der Waals surface area contributed by atoms with Crippen molar-refractivity contribution in [3.8, 4) is 0 Å². The Hall–Kier alpha value is -0.470. The zero-order valence-electron chi connectivity index (χ0n) is 8.24. The fourth-order valence-electron chi connectivity index (χ4n) is 0.937. The maximum Gasteiger partial charge on any atom is 0.163 e. The van der Waals surface area contributed by atoms with Crippen molar-refractivity contribution < 1.29 is 0 Å². The molecule has 3 heteroatoms. The molecule has 1 aromatic carbocycles. The number of halogens is 1. The minimum absolute atomic E-state index is 0.629. The van der Waals surface area contributed by atoms with Gasteiger partial charge in [-0.2, -0.15) is 0 Å². The second-order valence-corrected chi connectivity index (χ2v) is 4.57. The monoisotopic (exact) mass is 227 g/mol. The van der Waals surface area contributed by atoms with E-state index in [0.717, 1.165) is 11.4 Å². The summed E-state index contributed by atoms with van der Waals surface area (Å²) in [7, 11) is 0. The number of nitrogens with zero attached hydrogens (tertiary/aromatic N) is 1. The molecule has 1 aromatic rings. The van der Waals surface area contributed by atoms with Crippen molar-refractivity contribution >= 4 is 33.6 Å². The van der Waals surface area contributed by atoms with Gasteiger partial charge in [0.1, 0.15) is 0 Å². The SMILES string of the molecule is CCCCSC(Cl)=Nc1ccccc1. The third-order valence-corrected chi connectivity index (χ3v) is 2.93. The van der Waals surface area contributed by atoms with E-state index in [1.165, 1.54) is 12.8 Å². The Morgan fingerprint density at radius 3 is 2.71 bits per heavy atom. The molecule has 0 aromatic heterocycles. The van der Waals surface area contributed by atoms with Gasteiger partial charge in [0.15, 0.2) is 4.50 Å². The van der Waals surface area contributed by atoms with Crippen LogP contribution in [0, 0.1) is 0 Å². The van der Waals surface area contributed by atoms with E-state index in [2.05, 4.69) is 11.9 Å². The van der Waals surface area contributed by atoms with Crippen molar-refractivity contribution in [2.45, 2.75) is 19.8 Å². The van der Waals surface area contributed by atoms with E-state index < -0.39 is 0 Å². The first kappa shape index (κ1) is 11.6. The van der Waals surface area contributed by atoms with Crippen molar-refractivity contribution in [1.82, 2.24) is 0 Å². The Balaban J connectivity index is 2.43. The minimum Gasteiger partial charge on any atom is -0.230 e. The van der Waals surface area contributed by atoms with Crippen LogP contribution in [0.4, 0.5) is 5.69 Å². The van der Waals surface area contributed by atoms with Crippen LogP contribution in [-0.4, -0.2) is 10.3 Å². The lowest BCUT2D eigenvalue weighted by Crippen LogP contribution is -1.83. The Morgan fingerprint density at radius 1 is 1.36 bits per heavy atom. The average molecular weight is 228 g/mol. The summed E-state index contributed by atoms with van der Waals surface area (Å²) in [6, 6.07) is 9.78. The van der Waals surface area contributed by atoms with Gasteiger partial charge in [0.25, 0.3) is 0 Å². The zero-order valence-corrected chi connectivity index (χ0v) is 9.81. The molecule has 0 aliphatic rings. The smallest absolute Gasteiger partial charge is 0.163 e. The molecule has 76 valence electrons. The number of para-hydroxylation sites is 1. The topological polar surface area (TPSA) is 12.4 Å². The molecular weight excluding hydrogens is 214 g/mol. The number of hydrogen-bond donors (Lipinski definition) is 0. The molecule has 0 spiro atoms. The van der Waals surface area contributed by atoms with Gasteiger partial charge in [0.05, 0.1) is 5.69 Å². The van der Waals surface area contributed by atoms with E-state index in [0.29, 0.717) is 4.50 Å². The highest BCUT2D eigenvalue weighted by Gasteiger charge is 1.95. The number of aliphatic imine (C=N–C) groups is 1. The van der Waals surface area contributed by atoms with Crippen LogP contribution in [0.5, 0.6) is 0 Å². The second kappa shape index (κ2) is 6.91. The molecule has 0 saturated carbocycles. The van der Waals surface area contributed by atoms with Crippen LogP contribution in [0.1, 0.15) is 19.8 Å². The van der Waals surface area contributed by atoms with Gasteiger partial charge in [0.2, 0.25) is 0 Å². The van der Waals surface area contributed by atoms with E-state index in [1.54, 1.807) is 11.8 Å². The first-order valence-corrected chi connectivity index (χ1v) is 6.11. The van der Waals surface area contributed by atoms with Crippen LogP contribution in [0.2, 0.25) is 0 Å². The molecule has 0 heterocycles. The first-order valence-electron chi connectivity index (χ1n) is 4.75. The summed E-state index contributed by atoms with van der Waals surface area (Å²) in [6.45, 7) is 2.17. The summed E-state index contributed by atoms with van der Waals surface area (Å²) < 4.78 is 0.629. The molecule has 0 N–H and O–H groups in total. The van der Waals surface area contributed by atoms with Gasteiger partial charge in [-0.15, -0.1) is 0 Å². The molecule has 0 aliphatic carbocycles. The number of benzene rings is 1. The van der Waals surface area contributed by atoms with Crippen molar-refractivity contribution in [3.05, 3.63) is 30.3 Å². The lowest BCUT2D eigenvalue weighted by molar-refractivity contribution is 0.898. The number of hydrogen-bond acceptors (Lipinski definition) is 2. The van der Waals surface area contributed by atoms with Crippen LogP contribution in [0.25, 0.3) is 0 Å². The van der Waals surface area contributed by atoms with Crippen LogP contribution in [0.15, 0.2) is 35.3 Å². The fourth-order valence-corrected chi connectivity index (χ4v) is 2.04. The van der Waals surface area contributed by atoms with Gasteiger partial charge in [-0.3, -0.25) is 0 Å². The molecule has 0 aliphatic heterocycles. The largest absolute Gasteiger partial charge is 0.230 e. The van der Waals surface area contributed by atoms with Gasteiger partial charge >= 0.3 is 0 Å². The molecular formula is C11H14ClNS.